The van der Waals surface area contributed by atoms with Gasteiger partial charge in [0, 0.05) is 34.5 Å². The van der Waals surface area contributed by atoms with Crippen molar-refractivity contribution in [2.45, 2.75) is 92.9 Å². The van der Waals surface area contributed by atoms with E-state index in [4.69, 9.17) is 14.8 Å². The summed E-state index contributed by atoms with van der Waals surface area (Å²) >= 11 is 0. The molecule has 0 N–H and O–H groups in total. The fourth-order valence-corrected chi connectivity index (χ4v) is 6.97. The predicted octanol–water partition coefficient (Wildman–Crippen LogP) is 12.1. The normalized spacial score (nSPS) is 12.2. The van der Waals surface area contributed by atoms with E-state index >= 15 is 0 Å². The van der Waals surface area contributed by atoms with E-state index in [1.165, 1.54) is 22.3 Å². The molecule has 0 atom stereocenters. The first-order chi connectivity index (χ1) is 24.1. The van der Waals surface area contributed by atoms with Crippen molar-refractivity contribution >= 4 is 21.8 Å². The third-order valence-electron chi connectivity index (χ3n) is 9.89. The topological polar surface area (TPSA) is 44.9 Å². The number of aromatic nitrogens is 4. The molecule has 3 aromatic heterocycles. The van der Waals surface area contributed by atoms with Gasteiger partial charge in [-0.25, -0.2) is 4.98 Å². The number of hydrogen-bond donors (Lipinski definition) is 0. The van der Waals surface area contributed by atoms with Crippen LogP contribution in [0, 0.1) is 32.9 Å². The largest absolute Gasteiger partial charge is 2.00 e. The molecule has 7 aromatic rings. The Kier molecular flexibility index (Phi) is 9.91. The average Bonchev–Trinajstić information content (AvgIpc) is 3.56. The fraction of sp³-hybridized carbons (Fsp3) is 0.304. The van der Waals surface area contributed by atoms with Gasteiger partial charge in [0.2, 0.25) is 0 Å². The van der Waals surface area contributed by atoms with Crippen LogP contribution in [0.2, 0.25) is 0 Å². The summed E-state index contributed by atoms with van der Waals surface area (Å²) in [5.74, 6) is 2.49. The number of ether oxygens (including phenoxy) is 1. The van der Waals surface area contributed by atoms with E-state index in [1.54, 1.807) is 0 Å². The van der Waals surface area contributed by atoms with Crippen LogP contribution in [-0.2, 0) is 31.9 Å². The average molecular weight is 868 g/mol. The Labute approximate surface area is 323 Å². The number of rotatable bonds is 6. The molecule has 0 aliphatic heterocycles. The molecule has 6 heteroatoms. The Morgan fingerprint density at radius 3 is 2.10 bits per heavy atom. The molecule has 3 heterocycles. The van der Waals surface area contributed by atoms with E-state index in [9.17, 15) is 0 Å². The van der Waals surface area contributed by atoms with Gasteiger partial charge in [-0.3, -0.25) is 4.68 Å². The molecule has 52 heavy (non-hydrogen) atoms. The number of aryl methyl sites for hydroxylation is 2. The van der Waals surface area contributed by atoms with Crippen LogP contribution >= 0.6 is 0 Å². The molecule has 7 rings (SSSR count). The van der Waals surface area contributed by atoms with Crippen molar-refractivity contribution in [3.8, 4) is 34.1 Å². The SMILES string of the molecule is Cc1cc(Oc2[c-]c3c(cc2)c2ccccc2n3-c2cc(C(C)C)ccn2)[c-]c(-n2nc(C)c(-c3cc(C(C)(C)C)cc(C(C)(C)C)c3)c2C)c1.[Pt+2]. The molecule has 0 radical (unpaired) electrons. The van der Waals surface area contributed by atoms with Gasteiger partial charge in [0.1, 0.15) is 5.82 Å². The number of pyridine rings is 1. The van der Waals surface area contributed by atoms with Gasteiger partial charge in [-0.05, 0) is 82.1 Å². The fourth-order valence-electron chi connectivity index (χ4n) is 6.97. The van der Waals surface area contributed by atoms with Crippen molar-refractivity contribution < 1.29 is 25.8 Å². The van der Waals surface area contributed by atoms with Crippen LogP contribution in [0.4, 0.5) is 0 Å². The van der Waals surface area contributed by atoms with Crippen molar-refractivity contribution in [3.05, 3.63) is 131 Å². The first-order valence-corrected chi connectivity index (χ1v) is 17.9. The minimum Gasteiger partial charge on any atom is -0.509 e. The molecule has 0 fully saturated rings. The molecule has 0 spiro atoms. The van der Waals surface area contributed by atoms with E-state index in [0.29, 0.717) is 17.4 Å². The second kappa shape index (κ2) is 13.8. The van der Waals surface area contributed by atoms with E-state index in [2.05, 4.69) is 160 Å². The zero-order valence-electron chi connectivity index (χ0n) is 32.2. The molecule has 0 saturated heterocycles. The number of hydrogen-bond acceptors (Lipinski definition) is 3. The van der Waals surface area contributed by atoms with E-state index in [0.717, 1.165) is 55.8 Å². The van der Waals surface area contributed by atoms with Gasteiger partial charge < -0.3 is 9.30 Å². The van der Waals surface area contributed by atoms with Crippen molar-refractivity contribution in [1.29, 1.82) is 0 Å². The third-order valence-corrected chi connectivity index (χ3v) is 9.89. The predicted molar refractivity (Wildman–Crippen MR) is 211 cm³/mol. The molecule has 0 amide bonds. The Morgan fingerprint density at radius 2 is 1.42 bits per heavy atom. The molecule has 4 aromatic carbocycles. The Hall–Kier alpha value is -4.47. The summed E-state index contributed by atoms with van der Waals surface area (Å²) in [6, 6.07) is 35.1. The Bertz CT molecular complexity index is 2400. The van der Waals surface area contributed by atoms with Crippen molar-refractivity contribution in [1.82, 2.24) is 19.3 Å². The van der Waals surface area contributed by atoms with Gasteiger partial charge in [0.25, 0.3) is 0 Å². The molecule has 0 bridgehead atoms. The third kappa shape index (κ3) is 7.00. The number of nitrogens with zero attached hydrogens (tertiary/aromatic N) is 4. The second-order valence-electron chi connectivity index (χ2n) is 16.3. The maximum Gasteiger partial charge on any atom is 2.00 e. The van der Waals surface area contributed by atoms with Crippen LogP contribution in [0.25, 0.3) is 44.4 Å². The van der Waals surface area contributed by atoms with E-state index in [-0.39, 0.29) is 31.9 Å². The number of para-hydroxylation sites is 1. The minimum atomic E-state index is 0. The van der Waals surface area contributed by atoms with Gasteiger partial charge >= 0.3 is 21.1 Å². The summed E-state index contributed by atoms with van der Waals surface area (Å²) < 4.78 is 10.7. The molecular weight excluding hydrogens is 820 g/mol. The maximum atomic E-state index is 6.56. The van der Waals surface area contributed by atoms with Gasteiger partial charge in [0.15, 0.2) is 0 Å². The van der Waals surface area contributed by atoms with Gasteiger partial charge in [-0.2, -0.15) is 16.7 Å². The molecular formula is C46H48N4OPt. The summed E-state index contributed by atoms with van der Waals surface area (Å²) in [5.41, 5.74) is 12.2. The summed E-state index contributed by atoms with van der Waals surface area (Å²) in [5, 5.41) is 7.32. The molecule has 0 aliphatic carbocycles. The Morgan fingerprint density at radius 1 is 0.731 bits per heavy atom. The minimum absolute atomic E-state index is 0. The van der Waals surface area contributed by atoms with E-state index in [1.807, 2.05) is 23.0 Å². The molecule has 268 valence electrons. The molecule has 0 aliphatic rings. The van der Waals surface area contributed by atoms with Crippen molar-refractivity contribution in [2.24, 2.45) is 0 Å². The van der Waals surface area contributed by atoms with Crippen molar-refractivity contribution in [3.63, 3.8) is 0 Å². The summed E-state index contributed by atoms with van der Waals surface area (Å²) in [6.07, 6.45) is 1.89. The van der Waals surface area contributed by atoms with Crippen LogP contribution in [-0.4, -0.2) is 19.3 Å². The van der Waals surface area contributed by atoms with E-state index < -0.39 is 0 Å². The second-order valence-corrected chi connectivity index (χ2v) is 16.3. The molecule has 0 unspecified atom stereocenters. The van der Waals surface area contributed by atoms with Crippen LogP contribution in [0.15, 0.2) is 85.1 Å². The quantitative estimate of drug-likeness (QED) is 0.156. The first-order valence-electron chi connectivity index (χ1n) is 17.9. The monoisotopic (exact) mass is 867 g/mol. The summed E-state index contributed by atoms with van der Waals surface area (Å²) in [7, 11) is 0. The maximum absolute atomic E-state index is 6.56. The van der Waals surface area contributed by atoms with Gasteiger partial charge in [0.05, 0.1) is 5.69 Å². The molecule has 5 nitrogen and oxygen atoms in total. The number of fused-ring (bicyclic) bond motifs is 3. The van der Waals surface area contributed by atoms with Gasteiger partial charge in [-0.15, -0.1) is 35.7 Å². The van der Waals surface area contributed by atoms with Gasteiger partial charge in [-0.1, -0.05) is 104 Å². The van der Waals surface area contributed by atoms with Crippen LogP contribution in [0.3, 0.4) is 0 Å². The van der Waals surface area contributed by atoms with Crippen molar-refractivity contribution in [2.75, 3.05) is 0 Å². The van der Waals surface area contributed by atoms with Crippen LogP contribution in [0.1, 0.15) is 94.9 Å². The zero-order valence-corrected chi connectivity index (χ0v) is 34.4. The smallest absolute Gasteiger partial charge is 0.509 e. The standard InChI is InChI=1S/C46H48N4O.Pt/c1-28(2)32-18-19-47-43(24-32)49-41-15-13-12-14-39(41)40-17-16-37(27-42(40)49)51-38-21-29(3)20-36(26-38)50-31(5)44(30(4)48-50)33-22-34(45(6,7)8)25-35(23-33)46(9,10)11;/h12-25,28H,1-11H3;/q-2;+2. The molecule has 0 saturated carbocycles. The summed E-state index contributed by atoms with van der Waals surface area (Å²) in [4.78, 5) is 4.79. The first kappa shape index (κ1) is 37.3. The summed E-state index contributed by atoms with van der Waals surface area (Å²) in [6.45, 7) is 24.4. The zero-order chi connectivity index (χ0) is 36.4. The van der Waals surface area contributed by atoms with Crippen LogP contribution < -0.4 is 4.74 Å². The van der Waals surface area contributed by atoms with Crippen LogP contribution in [0.5, 0.6) is 11.5 Å². The number of benzene rings is 4. The Balaban J connectivity index is 0.00000464.